The predicted molar refractivity (Wildman–Crippen MR) is 52.3 cm³/mol. The number of carbonyl (C=O) groups is 1. The topological polar surface area (TPSA) is 72.1 Å². The number of hydrogen-bond donors (Lipinski definition) is 1. The van der Waals surface area contributed by atoms with Gasteiger partial charge < -0.3 is 9.72 Å². The molecule has 1 heterocycles. The van der Waals surface area contributed by atoms with Gasteiger partial charge in [0, 0.05) is 6.07 Å². The highest BCUT2D eigenvalue weighted by molar-refractivity contribution is 7.99. The quantitative estimate of drug-likeness (QED) is 0.446. The van der Waals surface area contributed by atoms with Crippen molar-refractivity contribution in [2.45, 2.75) is 11.9 Å². The monoisotopic (exact) mass is 214 g/mol. The molecule has 0 aliphatic rings. The van der Waals surface area contributed by atoms with Gasteiger partial charge >= 0.3 is 5.97 Å². The van der Waals surface area contributed by atoms with E-state index in [9.17, 15) is 9.59 Å². The third-order valence-corrected chi connectivity index (χ3v) is 2.29. The van der Waals surface area contributed by atoms with Gasteiger partial charge in [0.15, 0.2) is 0 Å². The van der Waals surface area contributed by atoms with E-state index in [0.717, 1.165) is 0 Å². The molecule has 0 saturated carbocycles. The second-order valence-corrected chi connectivity index (χ2v) is 3.53. The van der Waals surface area contributed by atoms with Crippen LogP contribution in [0.3, 0.4) is 0 Å². The van der Waals surface area contributed by atoms with Gasteiger partial charge in [-0.1, -0.05) is 11.8 Å². The number of rotatable bonds is 3. The Balaban J connectivity index is 2.68. The Morgan fingerprint density at radius 3 is 3.00 bits per heavy atom. The lowest BCUT2D eigenvalue weighted by Crippen LogP contribution is -2.09. The Kier molecular flexibility index (Phi) is 3.70. The average Bonchev–Trinajstić information content (AvgIpc) is 2.12. The van der Waals surface area contributed by atoms with E-state index in [2.05, 4.69) is 14.7 Å². The van der Waals surface area contributed by atoms with Gasteiger partial charge in [0.1, 0.15) is 10.9 Å². The number of aromatic amines is 1. The fraction of sp³-hybridized carbons (Fsp3) is 0.375. The Morgan fingerprint density at radius 1 is 1.71 bits per heavy atom. The van der Waals surface area contributed by atoms with E-state index in [1.807, 2.05) is 0 Å². The molecule has 0 fully saturated rings. The second-order valence-electron chi connectivity index (χ2n) is 2.53. The van der Waals surface area contributed by atoms with Crippen LogP contribution in [0.15, 0.2) is 15.9 Å². The summed E-state index contributed by atoms with van der Waals surface area (Å²) in [6.45, 7) is 1.68. The molecule has 0 unspecified atom stereocenters. The Hall–Kier alpha value is -1.30. The molecular weight excluding hydrogens is 204 g/mol. The number of aromatic nitrogens is 2. The van der Waals surface area contributed by atoms with Crippen molar-refractivity contribution in [2.75, 3.05) is 12.9 Å². The highest BCUT2D eigenvalue weighted by Gasteiger charge is 2.04. The molecule has 1 rings (SSSR count). The summed E-state index contributed by atoms with van der Waals surface area (Å²) >= 11 is 1.18. The number of methoxy groups -OCH3 is 1. The van der Waals surface area contributed by atoms with Gasteiger partial charge in [0.25, 0.3) is 5.56 Å². The first-order valence-electron chi connectivity index (χ1n) is 3.89. The van der Waals surface area contributed by atoms with E-state index >= 15 is 0 Å². The first-order valence-corrected chi connectivity index (χ1v) is 4.88. The van der Waals surface area contributed by atoms with Crippen molar-refractivity contribution >= 4 is 17.7 Å². The summed E-state index contributed by atoms with van der Waals surface area (Å²) in [6, 6.07) is 1.35. The smallest absolute Gasteiger partial charge is 0.316 e. The first-order chi connectivity index (χ1) is 6.61. The molecule has 76 valence electrons. The van der Waals surface area contributed by atoms with Crippen LogP contribution in [0.5, 0.6) is 0 Å². The molecule has 0 atom stereocenters. The Labute approximate surface area is 84.9 Å². The van der Waals surface area contributed by atoms with Crippen LogP contribution in [-0.4, -0.2) is 28.8 Å². The second kappa shape index (κ2) is 4.80. The molecule has 1 aromatic rings. The van der Waals surface area contributed by atoms with Crippen LogP contribution in [-0.2, 0) is 9.53 Å². The summed E-state index contributed by atoms with van der Waals surface area (Å²) in [6.07, 6.45) is 0. The molecule has 6 heteroatoms. The van der Waals surface area contributed by atoms with Crippen LogP contribution >= 0.6 is 11.8 Å². The largest absolute Gasteiger partial charge is 0.468 e. The molecule has 0 saturated heterocycles. The van der Waals surface area contributed by atoms with Crippen molar-refractivity contribution in [3.05, 3.63) is 22.2 Å². The van der Waals surface area contributed by atoms with E-state index in [1.54, 1.807) is 6.92 Å². The number of hydrogen-bond acceptors (Lipinski definition) is 5. The summed E-state index contributed by atoms with van der Waals surface area (Å²) in [5, 5.41) is 0.525. The normalized spacial score (nSPS) is 9.86. The van der Waals surface area contributed by atoms with Crippen LogP contribution in [0, 0.1) is 6.92 Å². The zero-order valence-corrected chi connectivity index (χ0v) is 8.68. The molecule has 0 aromatic carbocycles. The molecule has 0 aliphatic heterocycles. The molecule has 0 bridgehead atoms. The maximum Gasteiger partial charge on any atom is 0.316 e. The first kappa shape index (κ1) is 10.8. The van der Waals surface area contributed by atoms with Crippen LogP contribution in [0.4, 0.5) is 0 Å². The van der Waals surface area contributed by atoms with Crippen molar-refractivity contribution < 1.29 is 9.53 Å². The van der Waals surface area contributed by atoms with E-state index in [1.165, 1.54) is 24.9 Å². The molecule has 5 nitrogen and oxygen atoms in total. The van der Waals surface area contributed by atoms with Crippen molar-refractivity contribution in [2.24, 2.45) is 0 Å². The summed E-state index contributed by atoms with van der Waals surface area (Å²) in [4.78, 5) is 28.4. The van der Waals surface area contributed by atoms with Gasteiger partial charge in [-0.05, 0) is 6.92 Å². The minimum absolute atomic E-state index is 0.159. The van der Waals surface area contributed by atoms with Crippen LogP contribution in [0.2, 0.25) is 0 Å². The molecule has 1 aromatic heterocycles. The SMILES string of the molecule is COC(=O)CSc1cc(=O)[nH]c(C)n1. The lowest BCUT2D eigenvalue weighted by Gasteiger charge is -1.99. The Morgan fingerprint density at radius 2 is 2.43 bits per heavy atom. The number of nitrogens with zero attached hydrogens (tertiary/aromatic N) is 1. The highest BCUT2D eigenvalue weighted by Crippen LogP contribution is 2.12. The predicted octanol–water partition coefficient (Wildman–Crippen LogP) is 0.343. The third kappa shape index (κ3) is 3.21. The van der Waals surface area contributed by atoms with Gasteiger partial charge in [0.05, 0.1) is 12.9 Å². The number of aryl methyl sites for hydroxylation is 1. The van der Waals surface area contributed by atoms with Crippen molar-refractivity contribution in [3.63, 3.8) is 0 Å². The fourth-order valence-corrected chi connectivity index (χ4v) is 1.59. The fourth-order valence-electron chi connectivity index (χ4n) is 0.818. The zero-order chi connectivity index (χ0) is 10.6. The van der Waals surface area contributed by atoms with E-state index < -0.39 is 0 Å². The van der Waals surface area contributed by atoms with Gasteiger partial charge in [-0.2, -0.15) is 0 Å². The third-order valence-electron chi connectivity index (χ3n) is 1.40. The maximum atomic E-state index is 11.0. The van der Waals surface area contributed by atoms with Crippen LogP contribution in [0.1, 0.15) is 5.82 Å². The number of nitrogens with one attached hydrogen (secondary N) is 1. The molecule has 0 radical (unpaired) electrons. The van der Waals surface area contributed by atoms with Gasteiger partial charge in [-0.3, -0.25) is 9.59 Å². The minimum atomic E-state index is -0.338. The Bertz CT molecular complexity index is 388. The van der Waals surface area contributed by atoms with E-state index in [4.69, 9.17) is 0 Å². The molecule has 0 spiro atoms. The summed E-state index contributed by atoms with van der Waals surface area (Å²) < 4.78 is 4.46. The molecule has 0 amide bonds. The summed E-state index contributed by atoms with van der Waals surface area (Å²) in [5.41, 5.74) is -0.218. The summed E-state index contributed by atoms with van der Waals surface area (Å²) in [5.74, 6) is 0.353. The van der Waals surface area contributed by atoms with E-state index in [-0.39, 0.29) is 17.3 Å². The lowest BCUT2D eigenvalue weighted by molar-refractivity contribution is -0.137. The standard InChI is InChI=1S/C8H10N2O3S/c1-5-9-6(11)3-7(10-5)14-4-8(12)13-2/h3H,4H2,1-2H3,(H,9,10,11). The molecular formula is C8H10N2O3S. The number of ether oxygens (including phenoxy) is 1. The minimum Gasteiger partial charge on any atom is -0.468 e. The van der Waals surface area contributed by atoms with Crippen LogP contribution < -0.4 is 5.56 Å². The molecule has 0 aliphatic carbocycles. The zero-order valence-electron chi connectivity index (χ0n) is 7.86. The number of H-pyrrole nitrogens is 1. The summed E-state index contributed by atoms with van der Waals surface area (Å²) in [7, 11) is 1.32. The van der Waals surface area contributed by atoms with Gasteiger partial charge in [0.2, 0.25) is 0 Å². The number of esters is 1. The van der Waals surface area contributed by atoms with Crippen molar-refractivity contribution in [1.82, 2.24) is 9.97 Å². The average molecular weight is 214 g/mol. The van der Waals surface area contributed by atoms with Gasteiger partial charge in [-0.25, -0.2) is 4.98 Å². The van der Waals surface area contributed by atoms with Crippen molar-refractivity contribution in [3.8, 4) is 0 Å². The maximum absolute atomic E-state index is 11.0. The lowest BCUT2D eigenvalue weighted by atomic mass is 10.6. The van der Waals surface area contributed by atoms with E-state index in [0.29, 0.717) is 10.9 Å². The number of carbonyl (C=O) groups excluding carboxylic acids is 1. The highest BCUT2D eigenvalue weighted by atomic mass is 32.2. The molecule has 14 heavy (non-hydrogen) atoms. The van der Waals surface area contributed by atoms with Crippen molar-refractivity contribution in [1.29, 1.82) is 0 Å². The van der Waals surface area contributed by atoms with Gasteiger partial charge in [-0.15, -0.1) is 0 Å². The molecule has 1 N–H and O–H groups in total. The van der Waals surface area contributed by atoms with Crippen LogP contribution in [0.25, 0.3) is 0 Å². The number of thioether (sulfide) groups is 1.